The molecular weight excluding hydrogens is 482 g/mol. The molecule has 1 amide bonds. The van der Waals surface area contributed by atoms with Crippen LogP contribution in [-0.2, 0) is 31.9 Å². The molecule has 4 nitrogen and oxygen atoms in total. The van der Waals surface area contributed by atoms with Crippen molar-refractivity contribution >= 4 is 11.6 Å². The summed E-state index contributed by atoms with van der Waals surface area (Å²) in [7, 11) is 0. The fourth-order valence-electron chi connectivity index (χ4n) is 8.17. The Hall–Kier alpha value is -3.27. The fraction of sp³-hybridized carbons (Fsp3) is 0.457. The molecule has 1 aliphatic heterocycles. The molecule has 0 saturated carbocycles. The van der Waals surface area contributed by atoms with E-state index >= 15 is 0 Å². The van der Waals surface area contributed by atoms with Gasteiger partial charge in [0, 0.05) is 16.7 Å². The molecule has 3 aliphatic rings. The summed E-state index contributed by atoms with van der Waals surface area (Å²) in [6, 6.07) is 16.1. The Kier molecular flexibility index (Phi) is 5.12. The second-order valence-electron chi connectivity index (χ2n) is 14.4. The van der Waals surface area contributed by atoms with Gasteiger partial charge in [-0.15, -0.1) is 0 Å². The fourth-order valence-corrected chi connectivity index (χ4v) is 8.17. The lowest BCUT2D eigenvalue weighted by atomic mass is 9.71. The van der Waals surface area contributed by atoms with Crippen molar-refractivity contribution in [3.63, 3.8) is 0 Å². The lowest BCUT2D eigenvalue weighted by molar-refractivity contribution is -0.119. The van der Waals surface area contributed by atoms with Crippen LogP contribution in [0.5, 0.6) is 11.5 Å². The largest absolute Gasteiger partial charge is 0.508 e. The minimum atomic E-state index is -0.979. The van der Waals surface area contributed by atoms with Crippen LogP contribution in [0.25, 0.3) is 0 Å². The number of carbonyl (C=O) groups is 1. The molecule has 204 valence electrons. The monoisotopic (exact) mass is 523 g/mol. The van der Waals surface area contributed by atoms with Gasteiger partial charge in [0.2, 0.25) is 5.91 Å². The number of phenols is 2. The van der Waals surface area contributed by atoms with Crippen molar-refractivity contribution in [3.8, 4) is 11.5 Å². The Morgan fingerprint density at radius 3 is 1.95 bits per heavy atom. The first-order chi connectivity index (χ1) is 18.1. The number of anilines is 1. The third-order valence-electron chi connectivity index (χ3n) is 10.6. The van der Waals surface area contributed by atoms with Gasteiger partial charge in [-0.05, 0) is 100 Å². The van der Waals surface area contributed by atoms with Crippen molar-refractivity contribution in [2.75, 3.05) is 5.32 Å². The molecule has 0 fully saturated rings. The summed E-state index contributed by atoms with van der Waals surface area (Å²) in [6.07, 6.45) is 2.72. The zero-order valence-electron chi connectivity index (χ0n) is 24.5. The Morgan fingerprint density at radius 2 is 1.33 bits per heavy atom. The number of para-hydroxylation sites is 1. The molecular formula is C35H41NO3. The second kappa shape index (κ2) is 7.68. The van der Waals surface area contributed by atoms with E-state index in [0.717, 1.165) is 41.6 Å². The highest BCUT2D eigenvalue weighted by Gasteiger charge is 2.58. The summed E-state index contributed by atoms with van der Waals surface area (Å²) < 4.78 is 0. The van der Waals surface area contributed by atoms with Gasteiger partial charge < -0.3 is 15.5 Å². The van der Waals surface area contributed by atoms with Crippen LogP contribution in [0, 0.1) is 0 Å². The van der Waals surface area contributed by atoms with E-state index in [0.29, 0.717) is 11.3 Å². The highest BCUT2D eigenvalue weighted by Crippen LogP contribution is 2.65. The third kappa shape index (κ3) is 3.27. The summed E-state index contributed by atoms with van der Waals surface area (Å²) in [5.74, 6) is 0.392. The van der Waals surface area contributed by atoms with Crippen LogP contribution in [0.4, 0.5) is 5.69 Å². The summed E-state index contributed by atoms with van der Waals surface area (Å²) in [4.78, 5) is 13.4. The summed E-state index contributed by atoms with van der Waals surface area (Å²) in [5.41, 5.74) is 6.40. The van der Waals surface area contributed by atoms with Gasteiger partial charge in [-0.1, -0.05) is 72.7 Å². The summed E-state index contributed by atoms with van der Waals surface area (Å²) in [5, 5.41) is 26.0. The Bertz CT molecular complexity index is 1560. The van der Waals surface area contributed by atoms with Gasteiger partial charge in [0.1, 0.15) is 16.9 Å². The van der Waals surface area contributed by atoms with E-state index in [4.69, 9.17) is 0 Å². The first-order valence-electron chi connectivity index (χ1n) is 14.3. The molecule has 0 aromatic heterocycles. The van der Waals surface area contributed by atoms with Gasteiger partial charge in [-0.3, -0.25) is 4.79 Å². The first-order valence-corrected chi connectivity index (χ1v) is 14.3. The number of hydrogen-bond acceptors (Lipinski definition) is 3. The molecule has 2 aliphatic carbocycles. The number of phenolic OH excluding ortho intramolecular Hbond substituents is 2. The summed E-state index contributed by atoms with van der Waals surface area (Å²) in [6.45, 7) is 17.6. The maximum absolute atomic E-state index is 13.4. The molecule has 0 bridgehead atoms. The van der Waals surface area contributed by atoms with E-state index in [1.807, 2.05) is 43.3 Å². The molecule has 0 radical (unpaired) electrons. The van der Waals surface area contributed by atoms with Crippen molar-refractivity contribution in [2.45, 2.75) is 102 Å². The molecule has 3 aromatic carbocycles. The maximum Gasteiger partial charge on any atom is 0.239 e. The standard InChI is InChI=1S/C35H41NO3/c1-9-31(2,3)25-14-21-23(16-28(25)37)35(18-32(21,4)5)19-33(6,7)22-15-26(29(38)17-24(22)35)34(8)20-12-10-11-13-27(20)36-30(34)39/h10-17,37-38H,9,18-19H2,1-8H3,(H,36,39). The SMILES string of the molecule is CCC(C)(C)c1cc2c(cc1O)C1(CC2(C)C)CC(C)(C)c2cc(C3(C)C(=O)Nc4ccccc43)c(O)cc21. The normalized spacial score (nSPS) is 25.9. The molecule has 39 heavy (non-hydrogen) atoms. The van der Waals surface area contributed by atoms with Crippen molar-refractivity contribution < 1.29 is 15.0 Å². The van der Waals surface area contributed by atoms with Crippen LogP contribution >= 0.6 is 0 Å². The number of aromatic hydroxyl groups is 2. The molecule has 2 unspecified atom stereocenters. The number of amides is 1. The molecule has 1 spiro atoms. The van der Waals surface area contributed by atoms with Crippen LogP contribution in [0.2, 0.25) is 0 Å². The van der Waals surface area contributed by atoms with E-state index in [9.17, 15) is 15.0 Å². The number of rotatable bonds is 3. The number of benzene rings is 3. The lowest BCUT2D eigenvalue weighted by Crippen LogP contribution is -2.33. The highest BCUT2D eigenvalue weighted by atomic mass is 16.3. The van der Waals surface area contributed by atoms with E-state index in [-0.39, 0.29) is 33.3 Å². The molecule has 6 rings (SSSR count). The Labute approximate surface area is 232 Å². The van der Waals surface area contributed by atoms with Crippen molar-refractivity contribution in [1.82, 2.24) is 0 Å². The average molecular weight is 524 g/mol. The smallest absolute Gasteiger partial charge is 0.239 e. The molecule has 2 atom stereocenters. The molecule has 3 N–H and O–H groups in total. The highest BCUT2D eigenvalue weighted by molar-refractivity contribution is 6.08. The zero-order valence-corrected chi connectivity index (χ0v) is 24.5. The minimum absolute atomic E-state index is 0.0934. The lowest BCUT2D eigenvalue weighted by Gasteiger charge is -2.31. The predicted molar refractivity (Wildman–Crippen MR) is 157 cm³/mol. The Balaban J connectivity index is 1.58. The van der Waals surface area contributed by atoms with Crippen LogP contribution in [-0.4, -0.2) is 16.1 Å². The zero-order chi connectivity index (χ0) is 28.3. The van der Waals surface area contributed by atoms with Crippen molar-refractivity contribution in [2.24, 2.45) is 0 Å². The molecule has 4 heteroatoms. The van der Waals surface area contributed by atoms with Crippen LogP contribution in [0.1, 0.15) is 114 Å². The molecule has 3 aromatic rings. The number of carbonyl (C=O) groups excluding carboxylic acids is 1. The maximum atomic E-state index is 13.4. The number of nitrogens with one attached hydrogen (secondary N) is 1. The van der Waals surface area contributed by atoms with Crippen molar-refractivity contribution in [3.05, 3.63) is 87.5 Å². The van der Waals surface area contributed by atoms with E-state index < -0.39 is 5.41 Å². The second-order valence-corrected chi connectivity index (χ2v) is 14.4. The molecule has 0 saturated heterocycles. The number of hydrogen-bond donors (Lipinski definition) is 3. The van der Waals surface area contributed by atoms with Crippen LogP contribution in [0.15, 0.2) is 48.5 Å². The minimum Gasteiger partial charge on any atom is -0.508 e. The number of fused-ring (bicyclic) bond motifs is 5. The van der Waals surface area contributed by atoms with Gasteiger partial charge in [0.05, 0.1) is 0 Å². The van der Waals surface area contributed by atoms with Crippen molar-refractivity contribution in [1.29, 1.82) is 0 Å². The Morgan fingerprint density at radius 1 is 0.769 bits per heavy atom. The average Bonchev–Trinajstić information content (AvgIpc) is 3.34. The van der Waals surface area contributed by atoms with E-state index in [1.54, 1.807) is 0 Å². The van der Waals surface area contributed by atoms with Gasteiger partial charge in [0.15, 0.2) is 0 Å². The van der Waals surface area contributed by atoms with E-state index in [2.05, 4.69) is 65.9 Å². The van der Waals surface area contributed by atoms with Crippen LogP contribution < -0.4 is 5.32 Å². The molecule has 1 heterocycles. The quantitative estimate of drug-likeness (QED) is 0.330. The van der Waals surface area contributed by atoms with Gasteiger partial charge in [-0.2, -0.15) is 0 Å². The first kappa shape index (κ1) is 26.0. The van der Waals surface area contributed by atoms with Gasteiger partial charge in [-0.25, -0.2) is 0 Å². The third-order valence-corrected chi connectivity index (χ3v) is 10.6. The van der Waals surface area contributed by atoms with Gasteiger partial charge in [0.25, 0.3) is 0 Å². The predicted octanol–water partition coefficient (Wildman–Crippen LogP) is 7.69. The summed E-state index contributed by atoms with van der Waals surface area (Å²) >= 11 is 0. The topological polar surface area (TPSA) is 69.6 Å². The van der Waals surface area contributed by atoms with Crippen LogP contribution in [0.3, 0.4) is 0 Å². The van der Waals surface area contributed by atoms with Gasteiger partial charge >= 0.3 is 0 Å². The van der Waals surface area contributed by atoms with E-state index in [1.165, 1.54) is 16.7 Å².